The largest absolute Gasteiger partial charge is 0.195 e. The van der Waals surface area contributed by atoms with Crippen molar-refractivity contribution >= 4 is 11.8 Å². The Labute approximate surface area is 104 Å². The maximum Gasteiger partial charge on any atom is 0.194 e. The maximum absolute atomic E-state index is 2.27. The van der Waals surface area contributed by atoms with Crippen LogP contribution < -0.4 is 4.57 Å². The second kappa shape index (κ2) is 8.63. The smallest absolute Gasteiger partial charge is 0.194 e. The summed E-state index contributed by atoms with van der Waals surface area (Å²) in [5.41, 5.74) is 1.34. The summed E-state index contributed by atoms with van der Waals surface area (Å²) in [6, 6.07) is 4.27. The van der Waals surface area contributed by atoms with Crippen LogP contribution in [0.3, 0.4) is 0 Å². The molecule has 1 heterocycles. The predicted octanol–water partition coefficient (Wildman–Crippen LogP) is 3.94. The Morgan fingerprint density at radius 1 is 1.19 bits per heavy atom. The molecule has 90 valence electrons. The molecule has 0 aliphatic rings. The number of aromatic nitrogens is 1. The second-order valence-electron chi connectivity index (χ2n) is 4.35. The zero-order valence-corrected chi connectivity index (χ0v) is 11.4. The molecule has 1 nitrogen and oxygen atoms in total. The molecule has 0 bridgehead atoms. The molecule has 0 amide bonds. The van der Waals surface area contributed by atoms with Crippen molar-refractivity contribution in [2.75, 3.05) is 5.75 Å². The van der Waals surface area contributed by atoms with E-state index in [1.165, 1.54) is 43.4 Å². The summed E-state index contributed by atoms with van der Waals surface area (Å²) in [6.07, 6.45) is 11.3. The van der Waals surface area contributed by atoms with E-state index in [0.29, 0.717) is 0 Å². The van der Waals surface area contributed by atoms with E-state index < -0.39 is 0 Å². The normalized spacial score (nSPS) is 10.6. The topological polar surface area (TPSA) is 3.88 Å². The summed E-state index contributed by atoms with van der Waals surface area (Å²) in [5, 5.41) is 0. The van der Waals surface area contributed by atoms with Gasteiger partial charge in [0.05, 0.1) is 0 Å². The zero-order chi connectivity index (χ0) is 11.6. The highest BCUT2D eigenvalue weighted by atomic mass is 32.2. The van der Waals surface area contributed by atoms with Gasteiger partial charge in [-0.25, -0.2) is 0 Å². The molecule has 1 aromatic rings. The fourth-order valence-corrected chi connectivity index (χ4v) is 2.62. The lowest BCUT2D eigenvalue weighted by atomic mass is 10.2. The van der Waals surface area contributed by atoms with Gasteiger partial charge in [0.15, 0.2) is 18.3 Å². The van der Waals surface area contributed by atoms with Crippen LogP contribution in [-0.2, 0) is 5.88 Å². The molecule has 0 aromatic carbocycles. The number of pyridine rings is 1. The Morgan fingerprint density at radius 3 is 2.75 bits per heavy atom. The van der Waals surface area contributed by atoms with E-state index in [1.54, 1.807) is 0 Å². The predicted molar refractivity (Wildman–Crippen MR) is 72.6 cm³/mol. The third-order valence-corrected chi connectivity index (χ3v) is 3.70. The van der Waals surface area contributed by atoms with Crippen LogP contribution in [-0.4, -0.2) is 5.75 Å². The third kappa shape index (κ3) is 6.16. The monoisotopic (exact) mass is 238 g/mol. The van der Waals surface area contributed by atoms with Gasteiger partial charge in [-0.05, 0) is 25.2 Å². The molecule has 0 spiro atoms. The zero-order valence-electron chi connectivity index (χ0n) is 10.6. The minimum atomic E-state index is 1.09. The fraction of sp³-hybridized carbons (Fsp3) is 0.643. The molecule has 1 rings (SSSR count). The molecule has 0 unspecified atom stereocenters. The standard InChI is InChI=1S/C14H24NS/c1-3-4-5-6-7-11-16-13-15-10-8-9-14(2)12-15/h8-10,12H,3-7,11,13H2,1-2H3/q+1. The Kier molecular flexibility index (Phi) is 7.32. The lowest BCUT2D eigenvalue weighted by molar-refractivity contribution is -0.676. The minimum absolute atomic E-state index is 1.09. The highest BCUT2D eigenvalue weighted by Gasteiger charge is 1.99. The molecule has 0 N–H and O–H groups in total. The molecule has 0 atom stereocenters. The molecule has 0 saturated heterocycles. The molecule has 16 heavy (non-hydrogen) atoms. The minimum Gasteiger partial charge on any atom is -0.195 e. The molecule has 1 aromatic heterocycles. The van der Waals surface area contributed by atoms with Crippen molar-refractivity contribution in [1.29, 1.82) is 0 Å². The van der Waals surface area contributed by atoms with Gasteiger partial charge in [-0.15, -0.1) is 0 Å². The molecule has 0 aliphatic heterocycles. The highest BCUT2D eigenvalue weighted by Crippen LogP contribution is 2.08. The van der Waals surface area contributed by atoms with Crippen LogP contribution in [0, 0.1) is 6.92 Å². The van der Waals surface area contributed by atoms with Gasteiger partial charge in [-0.3, -0.25) is 0 Å². The average molecular weight is 238 g/mol. The average Bonchev–Trinajstić information content (AvgIpc) is 2.28. The first-order chi connectivity index (χ1) is 7.83. The van der Waals surface area contributed by atoms with E-state index in [9.17, 15) is 0 Å². The molecular weight excluding hydrogens is 214 g/mol. The maximum atomic E-state index is 2.27. The molecule has 0 aliphatic carbocycles. The van der Waals surface area contributed by atoms with Gasteiger partial charge >= 0.3 is 0 Å². The Morgan fingerprint density at radius 2 is 2.00 bits per heavy atom. The van der Waals surface area contributed by atoms with Crippen LogP contribution in [0.5, 0.6) is 0 Å². The summed E-state index contributed by atoms with van der Waals surface area (Å²) in [7, 11) is 0. The number of thioether (sulfide) groups is 1. The Balaban J connectivity index is 2.03. The number of nitrogens with zero attached hydrogens (tertiary/aromatic N) is 1. The summed E-state index contributed by atoms with van der Waals surface area (Å²) in [5.74, 6) is 2.39. The van der Waals surface area contributed by atoms with Crippen LogP contribution in [0.1, 0.15) is 44.6 Å². The number of aryl methyl sites for hydroxylation is 1. The van der Waals surface area contributed by atoms with Crippen molar-refractivity contribution in [3.63, 3.8) is 0 Å². The van der Waals surface area contributed by atoms with E-state index in [1.807, 2.05) is 11.8 Å². The Bertz CT molecular complexity index is 286. The van der Waals surface area contributed by atoms with Crippen molar-refractivity contribution in [2.45, 2.75) is 51.8 Å². The van der Waals surface area contributed by atoms with Gasteiger partial charge in [-0.1, -0.05) is 44.4 Å². The van der Waals surface area contributed by atoms with Crippen molar-refractivity contribution in [3.8, 4) is 0 Å². The summed E-state index contributed by atoms with van der Waals surface area (Å²) in [4.78, 5) is 0. The molecule has 0 radical (unpaired) electrons. The van der Waals surface area contributed by atoms with E-state index in [2.05, 4.69) is 42.9 Å². The van der Waals surface area contributed by atoms with Gasteiger partial charge < -0.3 is 0 Å². The van der Waals surface area contributed by atoms with E-state index in [0.717, 1.165) is 5.88 Å². The van der Waals surface area contributed by atoms with E-state index >= 15 is 0 Å². The Hall–Kier alpha value is -0.500. The molecule has 2 heteroatoms. The van der Waals surface area contributed by atoms with Gasteiger partial charge in [0.25, 0.3) is 0 Å². The lowest BCUT2D eigenvalue weighted by Gasteiger charge is -1.99. The second-order valence-corrected chi connectivity index (χ2v) is 5.42. The number of hydrogen-bond acceptors (Lipinski definition) is 1. The SMILES string of the molecule is CCCCCCCSC[n+]1cccc(C)c1. The van der Waals surface area contributed by atoms with Gasteiger partial charge in [-0.2, -0.15) is 4.57 Å². The molecule has 0 fully saturated rings. The van der Waals surface area contributed by atoms with Crippen molar-refractivity contribution in [1.82, 2.24) is 0 Å². The van der Waals surface area contributed by atoms with Crippen molar-refractivity contribution in [3.05, 3.63) is 30.1 Å². The van der Waals surface area contributed by atoms with Crippen LogP contribution in [0.15, 0.2) is 24.5 Å². The van der Waals surface area contributed by atoms with Crippen LogP contribution in [0.25, 0.3) is 0 Å². The number of unbranched alkanes of at least 4 members (excludes halogenated alkanes) is 4. The quantitative estimate of drug-likeness (QED) is 0.490. The highest BCUT2D eigenvalue weighted by molar-refractivity contribution is 7.98. The summed E-state index contributed by atoms with van der Waals surface area (Å²) < 4.78 is 2.27. The summed E-state index contributed by atoms with van der Waals surface area (Å²) in [6.45, 7) is 4.41. The van der Waals surface area contributed by atoms with Crippen molar-refractivity contribution < 1.29 is 4.57 Å². The first-order valence-corrected chi connectivity index (χ1v) is 7.52. The number of rotatable bonds is 8. The first-order valence-electron chi connectivity index (χ1n) is 6.36. The molecule has 0 saturated carbocycles. The van der Waals surface area contributed by atoms with Crippen LogP contribution >= 0.6 is 11.8 Å². The first kappa shape index (κ1) is 13.6. The van der Waals surface area contributed by atoms with Crippen LogP contribution in [0.2, 0.25) is 0 Å². The third-order valence-electron chi connectivity index (χ3n) is 2.64. The van der Waals surface area contributed by atoms with E-state index in [4.69, 9.17) is 0 Å². The van der Waals surface area contributed by atoms with Gasteiger partial charge in [0.2, 0.25) is 0 Å². The number of hydrogen-bond donors (Lipinski definition) is 0. The van der Waals surface area contributed by atoms with Crippen LogP contribution in [0.4, 0.5) is 0 Å². The fourth-order valence-electron chi connectivity index (χ4n) is 1.71. The van der Waals surface area contributed by atoms with Gasteiger partial charge in [0, 0.05) is 11.6 Å². The summed E-state index contributed by atoms with van der Waals surface area (Å²) >= 11 is 2.04. The lowest BCUT2D eigenvalue weighted by Crippen LogP contribution is -2.31. The molecular formula is C14H24NS+. The van der Waals surface area contributed by atoms with Crippen molar-refractivity contribution in [2.24, 2.45) is 0 Å². The van der Waals surface area contributed by atoms with Gasteiger partial charge in [0.1, 0.15) is 0 Å². The van der Waals surface area contributed by atoms with E-state index in [-0.39, 0.29) is 0 Å².